The van der Waals surface area contributed by atoms with Crippen molar-refractivity contribution in [3.8, 4) is 0 Å². The Morgan fingerprint density at radius 3 is 2.15 bits per heavy atom. The fourth-order valence-corrected chi connectivity index (χ4v) is 4.69. The van der Waals surface area contributed by atoms with Gasteiger partial charge in [-0.25, -0.2) is 0 Å². The number of benzene rings is 1. The summed E-state index contributed by atoms with van der Waals surface area (Å²) in [5.41, 5.74) is 1.99. The number of hydrogen-bond acceptors (Lipinski definition) is 4. The number of hydrogen-bond donors (Lipinski definition) is 1. The van der Waals surface area contributed by atoms with E-state index in [0.717, 1.165) is 18.8 Å². The molecule has 0 radical (unpaired) electrons. The predicted molar refractivity (Wildman–Crippen MR) is 103 cm³/mol. The predicted octanol–water partition coefficient (Wildman–Crippen LogP) is 1.74. The average molecular weight is 381 g/mol. The Bertz CT molecular complexity index is 719. The van der Waals surface area contributed by atoms with Crippen molar-refractivity contribution in [3.05, 3.63) is 24.3 Å². The van der Waals surface area contributed by atoms with Crippen molar-refractivity contribution in [1.82, 2.24) is 8.61 Å². The lowest BCUT2D eigenvalue weighted by molar-refractivity contribution is -0.120. The molecule has 2 fully saturated rings. The lowest BCUT2D eigenvalue weighted by Gasteiger charge is -2.32. The van der Waals surface area contributed by atoms with Gasteiger partial charge in [-0.1, -0.05) is 0 Å². The maximum atomic E-state index is 12.5. The first-order chi connectivity index (χ1) is 12.4. The normalized spacial score (nSPS) is 19.9. The van der Waals surface area contributed by atoms with Gasteiger partial charge in [-0.15, -0.1) is 0 Å². The molecular formula is C18H28N4O3S. The van der Waals surface area contributed by atoms with Crippen LogP contribution in [0.15, 0.2) is 24.3 Å². The zero-order valence-corrected chi connectivity index (χ0v) is 16.3. The summed E-state index contributed by atoms with van der Waals surface area (Å²) in [4.78, 5) is 14.9. The Balaban J connectivity index is 1.53. The highest BCUT2D eigenvalue weighted by atomic mass is 32.2. The van der Waals surface area contributed by atoms with Crippen LogP contribution in [0.3, 0.4) is 0 Å². The molecule has 3 rings (SSSR count). The van der Waals surface area contributed by atoms with E-state index in [0.29, 0.717) is 25.9 Å². The zero-order valence-electron chi connectivity index (χ0n) is 15.5. The topological polar surface area (TPSA) is 73.0 Å². The van der Waals surface area contributed by atoms with Gasteiger partial charge in [0, 0.05) is 57.6 Å². The van der Waals surface area contributed by atoms with Gasteiger partial charge in [-0.05, 0) is 49.9 Å². The molecule has 7 nitrogen and oxygen atoms in total. The Morgan fingerprint density at radius 1 is 1.04 bits per heavy atom. The molecule has 2 aliphatic heterocycles. The van der Waals surface area contributed by atoms with Gasteiger partial charge in [0.1, 0.15) is 0 Å². The summed E-state index contributed by atoms with van der Waals surface area (Å²) >= 11 is 0. The van der Waals surface area contributed by atoms with Crippen LogP contribution in [0.5, 0.6) is 0 Å². The van der Waals surface area contributed by atoms with Crippen molar-refractivity contribution in [1.29, 1.82) is 0 Å². The smallest absolute Gasteiger partial charge is 0.281 e. The van der Waals surface area contributed by atoms with Crippen LogP contribution in [0, 0.1) is 5.92 Å². The number of amides is 1. The standard InChI is InChI=1S/C18H28N4O3S/c1-20(2)26(24,25)22-13-9-15(10-14-22)18(23)19-16-5-7-17(8-6-16)21-11-3-4-12-21/h5-8,15H,3-4,9-14H2,1-2H3,(H,19,23). The van der Waals surface area contributed by atoms with Gasteiger partial charge in [0.05, 0.1) is 0 Å². The summed E-state index contributed by atoms with van der Waals surface area (Å²) in [6.45, 7) is 2.96. The molecule has 1 aromatic rings. The van der Waals surface area contributed by atoms with Crippen LogP contribution in [0.25, 0.3) is 0 Å². The zero-order chi connectivity index (χ0) is 18.7. The average Bonchev–Trinajstić information content (AvgIpc) is 3.17. The highest BCUT2D eigenvalue weighted by Crippen LogP contribution is 2.24. The van der Waals surface area contributed by atoms with Crippen LogP contribution in [0.4, 0.5) is 11.4 Å². The molecule has 0 atom stereocenters. The molecule has 0 spiro atoms. The molecule has 8 heteroatoms. The lowest BCUT2D eigenvalue weighted by atomic mass is 9.97. The van der Waals surface area contributed by atoms with Gasteiger partial charge in [0.25, 0.3) is 10.2 Å². The quantitative estimate of drug-likeness (QED) is 0.845. The molecule has 0 unspecified atom stereocenters. The van der Waals surface area contributed by atoms with Crippen LogP contribution in [0.2, 0.25) is 0 Å². The summed E-state index contributed by atoms with van der Waals surface area (Å²) in [6, 6.07) is 7.98. The van der Waals surface area contributed by atoms with Crippen molar-refractivity contribution in [2.24, 2.45) is 5.92 Å². The molecule has 144 valence electrons. The second kappa shape index (κ2) is 7.94. The van der Waals surface area contributed by atoms with Gasteiger partial charge in [-0.3, -0.25) is 4.79 Å². The van der Waals surface area contributed by atoms with Crippen LogP contribution < -0.4 is 10.2 Å². The molecule has 26 heavy (non-hydrogen) atoms. The summed E-state index contributed by atoms with van der Waals surface area (Å²) in [6.07, 6.45) is 3.57. The number of piperidine rings is 1. The van der Waals surface area contributed by atoms with E-state index in [9.17, 15) is 13.2 Å². The van der Waals surface area contributed by atoms with E-state index >= 15 is 0 Å². The minimum atomic E-state index is -3.39. The first-order valence-corrected chi connectivity index (χ1v) is 10.6. The van der Waals surface area contributed by atoms with Gasteiger partial charge >= 0.3 is 0 Å². The Hall–Kier alpha value is -1.64. The molecular weight excluding hydrogens is 352 g/mol. The molecule has 0 aromatic heterocycles. The van der Waals surface area contributed by atoms with Crippen LogP contribution >= 0.6 is 0 Å². The van der Waals surface area contributed by atoms with E-state index in [1.807, 2.05) is 24.3 Å². The first kappa shape index (κ1) is 19.1. The maximum absolute atomic E-state index is 12.5. The molecule has 1 N–H and O–H groups in total. The largest absolute Gasteiger partial charge is 0.372 e. The fraction of sp³-hybridized carbons (Fsp3) is 0.611. The highest BCUT2D eigenvalue weighted by Gasteiger charge is 2.32. The van der Waals surface area contributed by atoms with Gasteiger partial charge in [-0.2, -0.15) is 17.0 Å². The minimum absolute atomic E-state index is 0.0270. The van der Waals surface area contributed by atoms with Crippen LogP contribution in [-0.4, -0.2) is 63.2 Å². The monoisotopic (exact) mass is 380 g/mol. The number of nitrogens with zero attached hydrogens (tertiary/aromatic N) is 3. The van der Waals surface area contributed by atoms with E-state index in [1.165, 1.54) is 41.2 Å². The van der Waals surface area contributed by atoms with E-state index < -0.39 is 10.2 Å². The third-order valence-electron chi connectivity index (χ3n) is 5.22. The Labute approximate surface area is 156 Å². The molecule has 0 aliphatic carbocycles. The summed E-state index contributed by atoms with van der Waals surface area (Å²) in [5, 5.41) is 2.97. The number of carbonyl (C=O) groups excluding carboxylic acids is 1. The summed E-state index contributed by atoms with van der Waals surface area (Å²) in [7, 11) is -0.335. The summed E-state index contributed by atoms with van der Waals surface area (Å²) < 4.78 is 26.9. The summed E-state index contributed by atoms with van der Waals surface area (Å²) in [5.74, 6) is -0.178. The SMILES string of the molecule is CN(C)S(=O)(=O)N1CCC(C(=O)Nc2ccc(N3CCCC3)cc2)CC1. The molecule has 2 heterocycles. The highest BCUT2D eigenvalue weighted by molar-refractivity contribution is 7.86. The van der Waals surface area contributed by atoms with Crippen LogP contribution in [-0.2, 0) is 15.0 Å². The first-order valence-electron chi connectivity index (χ1n) is 9.21. The number of rotatable bonds is 5. The van der Waals surface area contributed by atoms with E-state index in [1.54, 1.807) is 0 Å². The van der Waals surface area contributed by atoms with Gasteiger partial charge in [0.15, 0.2) is 0 Å². The molecule has 1 amide bonds. The molecule has 1 aromatic carbocycles. The number of nitrogens with one attached hydrogen (secondary N) is 1. The lowest BCUT2D eigenvalue weighted by Crippen LogP contribution is -2.46. The van der Waals surface area contributed by atoms with E-state index in [-0.39, 0.29) is 11.8 Å². The van der Waals surface area contributed by atoms with E-state index in [2.05, 4.69) is 10.2 Å². The van der Waals surface area contributed by atoms with E-state index in [4.69, 9.17) is 0 Å². The van der Waals surface area contributed by atoms with Crippen molar-refractivity contribution in [2.45, 2.75) is 25.7 Å². The van der Waals surface area contributed by atoms with Crippen molar-refractivity contribution < 1.29 is 13.2 Å². The minimum Gasteiger partial charge on any atom is -0.372 e. The van der Waals surface area contributed by atoms with Gasteiger partial charge < -0.3 is 10.2 Å². The number of anilines is 2. The van der Waals surface area contributed by atoms with Crippen molar-refractivity contribution >= 4 is 27.5 Å². The molecule has 0 bridgehead atoms. The molecule has 0 saturated carbocycles. The third kappa shape index (κ3) is 4.19. The number of carbonyl (C=O) groups is 1. The second-order valence-corrected chi connectivity index (χ2v) is 9.34. The Morgan fingerprint density at radius 2 is 1.62 bits per heavy atom. The van der Waals surface area contributed by atoms with Crippen molar-refractivity contribution in [2.75, 3.05) is 50.5 Å². The van der Waals surface area contributed by atoms with Gasteiger partial charge in [0.2, 0.25) is 5.91 Å². The molecule has 2 aliphatic rings. The Kier molecular flexibility index (Phi) is 5.84. The molecule has 2 saturated heterocycles. The fourth-order valence-electron chi connectivity index (χ4n) is 3.55. The van der Waals surface area contributed by atoms with Crippen LogP contribution in [0.1, 0.15) is 25.7 Å². The van der Waals surface area contributed by atoms with Crippen molar-refractivity contribution in [3.63, 3.8) is 0 Å². The maximum Gasteiger partial charge on any atom is 0.281 e. The second-order valence-electron chi connectivity index (χ2n) is 7.19. The third-order valence-corrected chi connectivity index (χ3v) is 7.16.